The van der Waals surface area contributed by atoms with E-state index in [1.54, 1.807) is 30.6 Å². The first kappa shape index (κ1) is 25.8. The molecule has 7 nitrogen and oxygen atoms in total. The normalized spacial score (nSPS) is 17.5. The van der Waals surface area contributed by atoms with Gasteiger partial charge in [-0.05, 0) is 79.3 Å². The largest absolute Gasteiger partial charge is 0.361 e. The average molecular weight is 538 g/mol. The molecule has 2 fully saturated rings. The van der Waals surface area contributed by atoms with Crippen molar-refractivity contribution in [1.29, 1.82) is 0 Å². The fourth-order valence-electron chi connectivity index (χ4n) is 5.17. The summed E-state index contributed by atoms with van der Waals surface area (Å²) in [6.07, 6.45) is 10.1. The maximum absolute atomic E-state index is 13.5. The van der Waals surface area contributed by atoms with Crippen LogP contribution in [0.3, 0.4) is 0 Å². The van der Waals surface area contributed by atoms with Crippen LogP contribution in [-0.4, -0.2) is 44.7 Å². The number of thiocarbonyl (C=S) groups is 1. The van der Waals surface area contributed by atoms with Gasteiger partial charge in [0.2, 0.25) is 5.95 Å². The molecule has 1 saturated carbocycles. The Hall–Kier alpha value is -2.85. The quantitative estimate of drug-likeness (QED) is 0.228. The lowest BCUT2D eigenvalue weighted by Crippen LogP contribution is -2.41. The second kappa shape index (κ2) is 11.7. The molecular weight excluding hydrogens is 505 g/mol. The minimum absolute atomic E-state index is 0.0572. The van der Waals surface area contributed by atoms with Crippen LogP contribution >= 0.6 is 24.0 Å². The Labute approximate surface area is 227 Å². The van der Waals surface area contributed by atoms with Crippen LogP contribution < -0.4 is 15.5 Å². The highest BCUT2D eigenvalue weighted by molar-refractivity contribution is 7.99. The first-order chi connectivity index (χ1) is 18.0. The smallest absolute Gasteiger partial charge is 0.232 e. The molecular formula is C27H32FN7S2. The first-order valence-corrected chi connectivity index (χ1v) is 14.1. The molecule has 3 aromatic rings. The van der Waals surface area contributed by atoms with Crippen molar-refractivity contribution in [3.8, 4) is 0 Å². The molecule has 0 amide bonds. The molecule has 0 spiro atoms. The van der Waals surface area contributed by atoms with Crippen molar-refractivity contribution in [2.24, 2.45) is 5.92 Å². The molecule has 2 aliphatic rings. The highest BCUT2D eigenvalue weighted by Gasteiger charge is 2.35. The molecule has 5 rings (SSSR count). The first-order valence-electron chi connectivity index (χ1n) is 12.9. The van der Waals surface area contributed by atoms with Crippen molar-refractivity contribution in [1.82, 2.24) is 25.3 Å². The third kappa shape index (κ3) is 6.54. The zero-order valence-corrected chi connectivity index (χ0v) is 22.6. The second-order valence-electron chi connectivity index (χ2n) is 9.99. The minimum atomic E-state index is -0.211. The van der Waals surface area contributed by atoms with Gasteiger partial charge in [0, 0.05) is 43.5 Å². The molecule has 3 heterocycles. The third-order valence-corrected chi connectivity index (χ3v) is 8.42. The van der Waals surface area contributed by atoms with Gasteiger partial charge in [-0.15, -0.1) is 0 Å². The van der Waals surface area contributed by atoms with Crippen LogP contribution in [0, 0.1) is 11.7 Å². The Kier molecular flexibility index (Phi) is 8.14. The summed E-state index contributed by atoms with van der Waals surface area (Å²) in [6, 6.07) is 10.7. The highest BCUT2D eigenvalue weighted by Crippen LogP contribution is 2.40. The molecule has 2 aromatic heterocycles. The Bertz CT molecular complexity index is 1200. The number of hydrogen-bond donors (Lipinski definition) is 2. The Morgan fingerprint density at radius 3 is 2.51 bits per heavy atom. The van der Waals surface area contributed by atoms with Crippen LogP contribution in [0.25, 0.3) is 0 Å². The van der Waals surface area contributed by atoms with Crippen molar-refractivity contribution in [3.63, 3.8) is 0 Å². The predicted molar refractivity (Wildman–Crippen MR) is 150 cm³/mol. The van der Waals surface area contributed by atoms with E-state index in [9.17, 15) is 4.39 Å². The second-order valence-corrected chi connectivity index (χ2v) is 11.4. The van der Waals surface area contributed by atoms with Gasteiger partial charge in [0.1, 0.15) is 16.7 Å². The number of nitrogens with zero attached hydrogens (tertiary/aromatic N) is 5. The van der Waals surface area contributed by atoms with Crippen LogP contribution in [0.1, 0.15) is 51.0 Å². The Morgan fingerprint density at radius 2 is 1.81 bits per heavy atom. The van der Waals surface area contributed by atoms with Crippen LogP contribution in [-0.2, 0) is 5.41 Å². The molecule has 37 heavy (non-hydrogen) atoms. The summed E-state index contributed by atoms with van der Waals surface area (Å²) in [5.41, 5.74) is 1.10. The molecule has 1 aromatic carbocycles. The lowest BCUT2D eigenvalue weighted by molar-refractivity contribution is 0.434. The highest BCUT2D eigenvalue weighted by atomic mass is 32.2. The van der Waals surface area contributed by atoms with Gasteiger partial charge in [0.05, 0.1) is 0 Å². The lowest BCUT2D eigenvalue weighted by atomic mass is 9.79. The summed E-state index contributed by atoms with van der Waals surface area (Å²) in [5, 5.41) is 8.49. The summed E-state index contributed by atoms with van der Waals surface area (Å²) in [7, 11) is 0. The van der Waals surface area contributed by atoms with E-state index in [-0.39, 0.29) is 11.2 Å². The number of benzene rings is 1. The van der Waals surface area contributed by atoms with E-state index >= 15 is 0 Å². The van der Waals surface area contributed by atoms with Crippen LogP contribution in [0.2, 0.25) is 0 Å². The summed E-state index contributed by atoms with van der Waals surface area (Å²) in [4.78, 5) is 20.5. The fraction of sp³-hybridized carbons (Fsp3) is 0.444. The summed E-state index contributed by atoms with van der Waals surface area (Å²) in [6.45, 7) is 4.90. The molecule has 1 aliphatic heterocycles. The van der Waals surface area contributed by atoms with E-state index in [0.29, 0.717) is 22.8 Å². The molecule has 0 atom stereocenters. The number of piperidine rings is 1. The average Bonchev–Trinajstić information content (AvgIpc) is 3.39. The van der Waals surface area contributed by atoms with E-state index < -0.39 is 0 Å². The number of nitrogens with one attached hydrogen (secondary N) is 2. The number of anilines is 2. The summed E-state index contributed by atoms with van der Waals surface area (Å²) in [5.74, 6) is 1.85. The third-order valence-electron chi connectivity index (χ3n) is 7.36. The number of halogens is 1. The van der Waals surface area contributed by atoms with Crippen molar-refractivity contribution >= 4 is 40.9 Å². The van der Waals surface area contributed by atoms with Gasteiger partial charge in [-0.1, -0.05) is 31.9 Å². The predicted octanol–water partition coefficient (Wildman–Crippen LogP) is 5.59. The number of aromatic nitrogens is 4. The van der Waals surface area contributed by atoms with E-state index in [1.807, 2.05) is 18.2 Å². The van der Waals surface area contributed by atoms with Crippen molar-refractivity contribution < 1.29 is 4.39 Å². The van der Waals surface area contributed by atoms with Gasteiger partial charge < -0.3 is 15.5 Å². The van der Waals surface area contributed by atoms with Gasteiger partial charge in [-0.25, -0.2) is 19.3 Å². The molecule has 0 bridgehead atoms. The Balaban J connectivity index is 1.31. The van der Waals surface area contributed by atoms with Crippen LogP contribution in [0.15, 0.2) is 59.0 Å². The zero-order chi connectivity index (χ0) is 25.7. The zero-order valence-electron chi connectivity index (χ0n) is 21.0. The topological polar surface area (TPSA) is 78.9 Å². The fourth-order valence-corrected chi connectivity index (χ4v) is 6.04. The van der Waals surface area contributed by atoms with Crippen molar-refractivity contribution in [2.45, 2.75) is 61.0 Å². The van der Waals surface area contributed by atoms with Gasteiger partial charge in [0.25, 0.3) is 0 Å². The van der Waals surface area contributed by atoms with Crippen LogP contribution in [0.4, 0.5) is 16.2 Å². The SMILES string of the molecule is CC1CCN(c2cc(Sc3ncccn3)nc(NC(=S)NCC3(c4ccc(F)cc4)CCCC3)n2)CC1. The summed E-state index contributed by atoms with van der Waals surface area (Å²) < 4.78 is 13.5. The van der Waals surface area contributed by atoms with E-state index in [4.69, 9.17) is 22.2 Å². The van der Waals surface area contributed by atoms with E-state index in [1.165, 1.54) is 11.8 Å². The maximum Gasteiger partial charge on any atom is 0.232 e. The van der Waals surface area contributed by atoms with E-state index in [2.05, 4.69) is 32.4 Å². The van der Waals surface area contributed by atoms with Crippen LogP contribution in [0.5, 0.6) is 0 Å². The standard InChI is InChI=1S/C27H32FN7S2/c1-19-9-15-35(16-10-19)22-17-23(37-26-29-13-4-14-30-26)33-24(32-22)34-25(36)31-18-27(11-2-3-12-27)20-5-7-21(28)8-6-20/h4-8,13-14,17,19H,2-3,9-12,15-16,18H2,1H3,(H2,31,32,33,34,36). The summed E-state index contributed by atoms with van der Waals surface area (Å²) >= 11 is 7.08. The Morgan fingerprint density at radius 1 is 1.11 bits per heavy atom. The van der Waals surface area contributed by atoms with Crippen molar-refractivity contribution in [2.75, 3.05) is 29.9 Å². The van der Waals surface area contributed by atoms with Gasteiger partial charge in [0.15, 0.2) is 10.3 Å². The van der Waals surface area contributed by atoms with Crippen molar-refractivity contribution in [3.05, 3.63) is 60.2 Å². The minimum Gasteiger partial charge on any atom is -0.361 e. The molecule has 2 N–H and O–H groups in total. The van der Waals surface area contributed by atoms with Gasteiger partial charge >= 0.3 is 0 Å². The number of hydrogen-bond acceptors (Lipinski definition) is 7. The number of rotatable bonds is 7. The lowest BCUT2D eigenvalue weighted by Gasteiger charge is -2.31. The molecule has 10 heteroatoms. The molecule has 1 aliphatic carbocycles. The van der Waals surface area contributed by atoms with E-state index in [0.717, 1.165) is 73.9 Å². The maximum atomic E-state index is 13.5. The monoisotopic (exact) mass is 537 g/mol. The van der Waals surface area contributed by atoms with Gasteiger partial charge in [-0.3, -0.25) is 0 Å². The molecule has 0 radical (unpaired) electrons. The molecule has 1 saturated heterocycles. The molecule has 0 unspecified atom stereocenters. The molecule has 194 valence electrons. The van der Waals surface area contributed by atoms with Gasteiger partial charge in [-0.2, -0.15) is 4.98 Å².